The predicted octanol–water partition coefficient (Wildman–Crippen LogP) is 1.95. The summed E-state index contributed by atoms with van der Waals surface area (Å²) in [5, 5.41) is 3.39. The fourth-order valence-corrected chi connectivity index (χ4v) is 2.49. The van der Waals surface area contributed by atoms with Crippen molar-refractivity contribution in [3.05, 3.63) is 12.0 Å². The molecule has 0 amide bonds. The Morgan fingerprint density at radius 1 is 1.30 bits per heavy atom. The van der Waals surface area contributed by atoms with Crippen LogP contribution in [-0.4, -0.2) is 49.2 Å². The minimum Gasteiger partial charge on any atom is -0.432 e. The van der Waals surface area contributed by atoms with Gasteiger partial charge in [-0.1, -0.05) is 20.8 Å². The van der Waals surface area contributed by atoms with Crippen LogP contribution in [0.2, 0.25) is 0 Å². The van der Waals surface area contributed by atoms with Gasteiger partial charge in [0.15, 0.2) is 0 Å². The molecule has 1 fully saturated rings. The minimum absolute atomic E-state index is 0.660. The van der Waals surface area contributed by atoms with Crippen LogP contribution in [0.3, 0.4) is 0 Å². The molecule has 0 aromatic carbocycles. The van der Waals surface area contributed by atoms with Crippen LogP contribution in [-0.2, 0) is 6.54 Å². The second-order valence-corrected chi connectivity index (χ2v) is 5.97. The van der Waals surface area contributed by atoms with Gasteiger partial charge in [0.05, 0.1) is 5.69 Å². The van der Waals surface area contributed by atoms with Crippen LogP contribution in [0.15, 0.2) is 10.7 Å². The Balaban J connectivity index is 1.78. The van der Waals surface area contributed by atoms with Crippen LogP contribution in [0.5, 0.6) is 0 Å². The molecule has 5 heteroatoms. The van der Waals surface area contributed by atoms with E-state index < -0.39 is 0 Å². The summed E-state index contributed by atoms with van der Waals surface area (Å²) < 4.78 is 5.61. The maximum atomic E-state index is 5.61. The second-order valence-electron chi connectivity index (χ2n) is 5.97. The van der Waals surface area contributed by atoms with Crippen LogP contribution in [0.1, 0.15) is 32.9 Å². The van der Waals surface area contributed by atoms with Gasteiger partial charge in [0.1, 0.15) is 6.26 Å². The SMILES string of the molecule is CCCN1CCN(c2nc(CNCC(C)C)co2)CC1. The van der Waals surface area contributed by atoms with E-state index in [0.717, 1.165) is 51.0 Å². The van der Waals surface area contributed by atoms with Crippen molar-refractivity contribution in [3.8, 4) is 0 Å². The smallest absolute Gasteiger partial charge is 0.297 e. The van der Waals surface area contributed by atoms with Crippen LogP contribution in [0.4, 0.5) is 6.01 Å². The van der Waals surface area contributed by atoms with Crippen molar-refractivity contribution in [2.24, 2.45) is 5.92 Å². The van der Waals surface area contributed by atoms with E-state index in [1.807, 2.05) is 0 Å². The Morgan fingerprint density at radius 3 is 2.70 bits per heavy atom. The van der Waals surface area contributed by atoms with E-state index >= 15 is 0 Å². The van der Waals surface area contributed by atoms with Gasteiger partial charge in [-0.3, -0.25) is 4.90 Å². The largest absolute Gasteiger partial charge is 0.432 e. The number of aromatic nitrogens is 1. The van der Waals surface area contributed by atoms with Crippen LogP contribution >= 0.6 is 0 Å². The number of nitrogens with one attached hydrogen (secondary N) is 1. The molecule has 1 aromatic heterocycles. The molecule has 0 atom stereocenters. The number of nitrogens with zero attached hydrogens (tertiary/aromatic N) is 3. The summed E-state index contributed by atoms with van der Waals surface area (Å²) in [6, 6.07) is 0.780. The third-order valence-corrected chi connectivity index (χ3v) is 3.58. The molecule has 0 saturated carbocycles. The standard InChI is InChI=1S/C15H28N4O/c1-4-5-18-6-8-19(9-7-18)15-17-14(12-20-15)11-16-10-13(2)3/h12-13,16H,4-11H2,1-3H3. The zero-order valence-electron chi connectivity index (χ0n) is 13.1. The average molecular weight is 280 g/mol. The third kappa shape index (κ3) is 4.49. The first kappa shape index (κ1) is 15.3. The van der Waals surface area contributed by atoms with E-state index in [1.54, 1.807) is 6.26 Å². The van der Waals surface area contributed by atoms with Crippen LogP contribution < -0.4 is 10.2 Å². The van der Waals surface area contributed by atoms with Crippen LogP contribution in [0.25, 0.3) is 0 Å². The summed E-state index contributed by atoms with van der Waals surface area (Å²) in [5.41, 5.74) is 0.997. The van der Waals surface area contributed by atoms with Crippen molar-refractivity contribution in [2.75, 3.05) is 44.2 Å². The monoisotopic (exact) mass is 280 g/mol. The highest BCUT2D eigenvalue weighted by Gasteiger charge is 2.19. The quantitative estimate of drug-likeness (QED) is 0.827. The Morgan fingerprint density at radius 2 is 2.05 bits per heavy atom. The van der Waals surface area contributed by atoms with Crippen molar-refractivity contribution in [3.63, 3.8) is 0 Å². The lowest BCUT2D eigenvalue weighted by Gasteiger charge is -2.33. The molecule has 0 bridgehead atoms. The Bertz CT molecular complexity index is 383. The Hall–Kier alpha value is -1.07. The Kier molecular flexibility index (Phi) is 5.86. The highest BCUT2D eigenvalue weighted by atomic mass is 16.4. The number of piperazine rings is 1. The van der Waals surface area contributed by atoms with Gasteiger partial charge in [-0.2, -0.15) is 4.98 Å². The van der Waals surface area contributed by atoms with E-state index in [0.29, 0.717) is 5.92 Å². The normalized spacial score (nSPS) is 17.1. The molecule has 2 rings (SSSR count). The molecule has 1 N–H and O–H groups in total. The van der Waals surface area contributed by atoms with E-state index in [1.165, 1.54) is 13.0 Å². The summed E-state index contributed by atoms with van der Waals surface area (Å²) in [6.45, 7) is 13.9. The summed E-state index contributed by atoms with van der Waals surface area (Å²) in [4.78, 5) is 9.33. The fourth-order valence-electron chi connectivity index (χ4n) is 2.49. The average Bonchev–Trinajstić information content (AvgIpc) is 2.88. The van der Waals surface area contributed by atoms with Gasteiger partial charge < -0.3 is 14.6 Å². The van der Waals surface area contributed by atoms with E-state index in [-0.39, 0.29) is 0 Å². The molecule has 114 valence electrons. The molecule has 1 aliphatic heterocycles. The maximum absolute atomic E-state index is 5.61. The fraction of sp³-hybridized carbons (Fsp3) is 0.800. The number of rotatable bonds is 7. The van der Waals surface area contributed by atoms with Crippen molar-refractivity contribution >= 4 is 6.01 Å². The van der Waals surface area contributed by atoms with E-state index in [4.69, 9.17) is 4.42 Å². The van der Waals surface area contributed by atoms with E-state index in [2.05, 4.69) is 40.9 Å². The van der Waals surface area contributed by atoms with Gasteiger partial charge in [-0.05, 0) is 25.4 Å². The highest BCUT2D eigenvalue weighted by Crippen LogP contribution is 2.16. The lowest BCUT2D eigenvalue weighted by Crippen LogP contribution is -2.46. The summed E-state index contributed by atoms with van der Waals surface area (Å²) in [5.74, 6) is 0.660. The van der Waals surface area contributed by atoms with Crippen molar-refractivity contribution in [1.82, 2.24) is 15.2 Å². The Labute approximate surface area is 122 Å². The lowest BCUT2D eigenvalue weighted by atomic mass is 10.2. The van der Waals surface area contributed by atoms with Gasteiger partial charge >= 0.3 is 0 Å². The van der Waals surface area contributed by atoms with Gasteiger partial charge in [0.2, 0.25) is 0 Å². The first-order valence-electron chi connectivity index (χ1n) is 7.81. The molecule has 5 nitrogen and oxygen atoms in total. The van der Waals surface area contributed by atoms with E-state index in [9.17, 15) is 0 Å². The molecular weight excluding hydrogens is 252 g/mol. The molecule has 0 aliphatic carbocycles. The molecule has 1 aromatic rings. The zero-order chi connectivity index (χ0) is 14.4. The summed E-state index contributed by atoms with van der Waals surface area (Å²) >= 11 is 0. The summed E-state index contributed by atoms with van der Waals surface area (Å²) in [6.07, 6.45) is 3.01. The minimum atomic E-state index is 0.660. The molecular formula is C15H28N4O. The topological polar surface area (TPSA) is 44.5 Å². The predicted molar refractivity (Wildman–Crippen MR) is 82.0 cm³/mol. The third-order valence-electron chi connectivity index (χ3n) is 3.58. The number of oxazole rings is 1. The van der Waals surface area contributed by atoms with Crippen LogP contribution in [0, 0.1) is 5.92 Å². The molecule has 20 heavy (non-hydrogen) atoms. The number of anilines is 1. The van der Waals surface area contributed by atoms with Gasteiger partial charge in [-0.15, -0.1) is 0 Å². The first-order valence-corrected chi connectivity index (χ1v) is 7.81. The second kappa shape index (κ2) is 7.64. The van der Waals surface area contributed by atoms with Gasteiger partial charge in [-0.25, -0.2) is 0 Å². The van der Waals surface area contributed by atoms with Crippen molar-refractivity contribution < 1.29 is 4.42 Å². The van der Waals surface area contributed by atoms with Gasteiger partial charge in [0.25, 0.3) is 6.01 Å². The molecule has 1 saturated heterocycles. The van der Waals surface area contributed by atoms with Crippen molar-refractivity contribution in [2.45, 2.75) is 33.7 Å². The maximum Gasteiger partial charge on any atom is 0.297 e. The van der Waals surface area contributed by atoms with Crippen molar-refractivity contribution in [1.29, 1.82) is 0 Å². The lowest BCUT2D eigenvalue weighted by molar-refractivity contribution is 0.253. The first-order chi connectivity index (χ1) is 9.69. The molecule has 0 radical (unpaired) electrons. The number of hydrogen-bond acceptors (Lipinski definition) is 5. The molecule has 1 aliphatic rings. The molecule has 2 heterocycles. The summed E-state index contributed by atoms with van der Waals surface area (Å²) in [7, 11) is 0. The highest BCUT2D eigenvalue weighted by molar-refractivity contribution is 5.27. The number of hydrogen-bond donors (Lipinski definition) is 1. The molecule has 0 spiro atoms. The van der Waals surface area contributed by atoms with Gasteiger partial charge in [0, 0.05) is 32.7 Å². The molecule has 0 unspecified atom stereocenters. The zero-order valence-corrected chi connectivity index (χ0v) is 13.1.